The molecule has 0 radical (unpaired) electrons. The molecule has 91 heavy (non-hydrogen) atoms. The summed E-state index contributed by atoms with van der Waals surface area (Å²) in [5.41, 5.74) is 17.4. The lowest BCUT2D eigenvalue weighted by molar-refractivity contribution is 0.590. The van der Waals surface area contributed by atoms with Crippen molar-refractivity contribution in [3.63, 3.8) is 0 Å². The number of para-hydroxylation sites is 4. The van der Waals surface area contributed by atoms with Crippen molar-refractivity contribution in [1.29, 1.82) is 0 Å². The van der Waals surface area contributed by atoms with E-state index >= 15 is 0 Å². The van der Waals surface area contributed by atoms with Crippen molar-refractivity contribution in [2.24, 2.45) is 0 Å². The van der Waals surface area contributed by atoms with E-state index in [2.05, 4.69) is 189 Å². The van der Waals surface area contributed by atoms with Gasteiger partial charge >= 0.3 is 0 Å². The Labute approximate surface area is 551 Å². The molecule has 0 saturated heterocycles. The van der Waals surface area contributed by atoms with E-state index in [0.29, 0.717) is 22.6 Å². The number of hydrogen-bond acceptors (Lipinski definition) is 2. The van der Waals surface area contributed by atoms with Crippen LogP contribution in [0.2, 0.25) is 0 Å². The van der Waals surface area contributed by atoms with Gasteiger partial charge in [0.1, 0.15) is 0 Å². The summed E-state index contributed by atoms with van der Waals surface area (Å²) in [5, 5.41) is 1.79. The first-order valence-corrected chi connectivity index (χ1v) is 31.0. The summed E-state index contributed by atoms with van der Waals surface area (Å²) in [4.78, 5) is 4.71. The SMILES string of the molecule is [2H]c1c([2H])c([2H])c(-c2ccc3c(c2)N(c2c(-c4ccccc4)cc(C(C)(C)C)cc2-c2ccccc2)c2cc(C(C)(C)C)cc4c2B3c2ccc(-n3c5c([2H])c([2H])c([2H])c([2H])c5c5c([2H])c([2H])c([2H])c([2H])c53)cc2N4c2cc(-c3ccccc3)cc3c2c2ccccc2n3-c2ccccc2)c([2H])c1[2H]. The van der Waals surface area contributed by atoms with Crippen LogP contribution in [0.1, 0.15) is 70.5 Å². The number of rotatable bonds is 8. The maximum atomic E-state index is 9.77. The van der Waals surface area contributed by atoms with Crippen LogP contribution in [-0.2, 0) is 10.8 Å². The summed E-state index contributed by atoms with van der Waals surface area (Å²) in [7, 11) is 0. The standard InChI is InChI=1S/C86H67BN4/c1-85(2,3)62-51-69(58-32-16-9-17-33-58)84(70(52-62)59-34-18-10-19-35-59)91-76-48-60(56-28-12-7-13-29-56)44-46-71(76)87-72-47-45-65(89-73-41-25-22-38-66(73)67-39-23-26-42-74(67)89)55-77(72)90(80-53-63(86(4,5)6)54-81(91)83(80)87)79-50-61(57-30-14-8-15-31-57)49-78-82(79)68-40-24-27-43-75(68)88(78)64-36-20-11-21-37-64/h7-55H,1-6H3/i7D,12D,13D,22D,23D,25D,26D,28D,29D,38D,39D,41D,42D. The minimum Gasteiger partial charge on any atom is -0.311 e. The Balaban J connectivity index is 1.10. The first-order valence-electron chi connectivity index (χ1n) is 37.5. The summed E-state index contributed by atoms with van der Waals surface area (Å²) in [6.07, 6.45) is 0. The van der Waals surface area contributed by atoms with Crippen LogP contribution in [0.5, 0.6) is 0 Å². The van der Waals surface area contributed by atoms with Crippen LogP contribution in [0.4, 0.5) is 34.1 Å². The smallest absolute Gasteiger partial charge is 0.252 e. The number of anilines is 6. The second-order valence-electron chi connectivity index (χ2n) is 25.9. The molecule has 0 aliphatic carbocycles. The van der Waals surface area contributed by atoms with E-state index in [1.165, 1.54) is 0 Å². The molecule has 2 aliphatic heterocycles. The molecule has 5 heteroatoms. The van der Waals surface area contributed by atoms with Gasteiger partial charge in [0.25, 0.3) is 6.71 Å². The van der Waals surface area contributed by atoms with Gasteiger partial charge in [-0.15, -0.1) is 0 Å². The molecule has 15 aromatic rings. The van der Waals surface area contributed by atoms with Gasteiger partial charge in [0, 0.05) is 66.8 Å². The van der Waals surface area contributed by atoms with E-state index in [1.807, 2.05) is 84.9 Å². The third kappa shape index (κ3) is 8.73. The van der Waals surface area contributed by atoms with Crippen molar-refractivity contribution in [1.82, 2.24) is 9.13 Å². The molecule has 2 aliphatic rings. The predicted octanol–water partition coefficient (Wildman–Crippen LogP) is 21.2. The summed E-state index contributed by atoms with van der Waals surface area (Å²) in [6, 6.07) is 69.4. The van der Waals surface area contributed by atoms with E-state index in [4.69, 9.17) is 6.85 Å². The van der Waals surface area contributed by atoms with Crippen molar-refractivity contribution in [2.45, 2.75) is 52.4 Å². The van der Waals surface area contributed by atoms with Crippen LogP contribution in [-0.4, -0.2) is 15.8 Å². The molecule has 0 spiro atoms. The Bertz CT molecular complexity index is 6020. The van der Waals surface area contributed by atoms with Gasteiger partial charge in [0.2, 0.25) is 0 Å². The maximum absolute atomic E-state index is 9.77. The summed E-state index contributed by atoms with van der Waals surface area (Å²) in [6.45, 7) is 12.6. The van der Waals surface area contributed by atoms with Gasteiger partial charge in [-0.2, -0.15) is 0 Å². The normalized spacial score (nSPS) is 14.9. The highest BCUT2D eigenvalue weighted by Crippen LogP contribution is 2.54. The first kappa shape index (κ1) is 42.1. The van der Waals surface area contributed by atoms with Crippen molar-refractivity contribution < 1.29 is 17.8 Å². The van der Waals surface area contributed by atoms with Gasteiger partial charge in [0.15, 0.2) is 0 Å². The minimum absolute atomic E-state index is 0.0165. The average molecular weight is 1180 g/mol. The highest BCUT2D eigenvalue weighted by Gasteiger charge is 2.46. The lowest BCUT2D eigenvalue weighted by Crippen LogP contribution is -2.61. The molecule has 4 heterocycles. The van der Waals surface area contributed by atoms with Gasteiger partial charge in [-0.25, -0.2) is 0 Å². The van der Waals surface area contributed by atoms with Crippen molar-refractivity contribution >= 4 is 101 Å². The molecule has 4 nitrogen and oxygen atoms in total. The molecule has 0 atom stereocenters. The van der Waals surface area contributed by atoms with E-state index in [9.17, 15) is 11.0 Å². The van der Waals surface area contributed by atoms with E-state index in [-0.39, 0.29) is 44.9 Å². The lowest BCUT2D eigenvalue weighted by Gasteiger charge is -2.46. The topological polar surface area (TPSA) is 16.3 Å². The Kier molecular flexibility index (Phi) is 9.66. The van der Waals surface area contributed by atoms with Crippen molar-refractivity contribution in [3.8, 4) is 55.9 Å². The quantitative estimate of drug-likeness (QED) is 0.141. The highest BCUT2D eigenvalue weighted by molar-refractivity contribution is 7.00. The van der Waals surface area contributed by atoms with Crippen LogP contribution in [0.3, 0.4) is 0 Å². The second-order valence-corrected chi connectivity index (χ2v) is 25.9. The zero-order valence-corrected chi connectivity index (χ0v) is 51.2. The van der Waals surface area contributed by atoms with Gasteiger partial charge in [0.05, 0.1) is 51.3 Å². The molecule has 0 bridgehead atoms. The fourth-order valence-electron chi connectivity index (χ4n) is 14.2. The molecule has 0 unspecified atom stereocenters. The number of hydrogen-bond donors (Lipinski definition) is 0. The number of fused-ring (bicyclic) bond motifs is 10. The molecule has 17 rings (SSSR count). The van der Waals surface area contributed by atoms with Crippen molar-refractivity contribution in [2.75, 3.05) is 9.80 Å². The van der Waals surface area contributed by atoms with Gasteiger partial charge in [-0.05, 0) is 157 Å². The molecule has 0 amide bonds. The third-order valence-electron chi connectivity index (χ3n) is 18.5. The monoisotopic (exact) mass is 1180 g/mol. The Morgan fingerprint density at radius 3 is 1.43 bits per heavy atom. The van der Waals surface area contributed by atoms with E-state index < -0.39 is 78.6 Å². The van der Waals surface area contributed by atoms with Crippen LogP contribution < -0.4 is 26.2 Å². The molecule has 2 aromatic heterocycles. The lowest BCUT2D eigenvalue weighted by atomic mass is 9.33. The summed E-state index contributed by atoms with van der Waals surface area (Å²) in [5.74, 6) is 0. The zero-order valence-electron chi connectivity index (χ0n) is 64.2. The first-order chi connectivity index (χ1) is 49.8. The maximum Gasteiger partial charge on any atom is 0.252 e. The summed E-state index contributed by atoms with van der Waals surface area (Å²) < 4.78 is 125. The van der Waals surface area contributed by atoms with Gasteiger partial charge < -0.3 is 18.9 Å². The predicted molar refractivity (Wildman–Crippen MR) is 388 cm³/mol. The number of nitrogens with zero attached hydrogens (tertiary/aromatic N) is 4. The minimum atomic E-state index is -0.657. The number of benzene rings is 13. The van der Waals surface area contributed by atoms with Crippen LogP contribution in [0.25, 0.3) is 99.5 Å². The molecular formula is C86H67BN4. The molecule has 0 fully saturated rings. The van der Waals surface area contributed by atoms with E-state index in [0.717, 1.165) is 111 Å². The Morgan fingerprint density at radius 2 is 0.813 bits per heavy atom. The van der Waals surface area contributed by atoms with Gasteiger partial charge in [-0.1, -0.05) is 254 Å². The van der Waals surface area contributed by atoms with E-state index in [1.54, 1.807) is 4.57 Å². The molecule has 13 aromatic carbocycles. The second kappa shape index (κ2) is 20.9. The van der Waals surface area contributed by atoms with Crippen LogP contribution in [0, 0.1) is 0 Å². The van der Waals surface area contributed by atoms with Gasteiger partial charge in [-0.3, -0.25) is 0 Å². The third-order valence-corrected chi connectivity index (χ3v) is 18.5. The number of aromatic nitrogens is 2. The van der Waals surface area contributed by atoms with Crippen LogP contribution >= 0.6 is 0 Å². The molecule has 0 N–H and O–H groups in total. The fraction of sp³-hybridized carbons (Fsp3) is 0.0930. The largest absolute Gasteiger partial charge is 0.311 e. The molecular weight excluding hydrogens is 1100 g/mol. The zero-order chi connectivity index (χ0) is 72.6. The fourth-order valence-corrected chi connectivity index (χ4v) is 14.2. The Hall–Kier alpha value is -10.9. The molecule has 434 valence electrons. The highest BCUT2D eigenvalue weighted by atomic mass is 15.2. The average Bonchev–Trinajstić information content (AvgIpc) is 1.12. The van der Waals surface area contributed by atoms with Crippen molar-refractivity contribution in [3.05, 3.63) is 308 Å². The molecule has 0 saturated carbocycles. The Morgan fingerprint density at radius 1 is 0.319 bits per heavy atom. The van der Waals surface area contributed by atoms with Crippen LogP contribution in [0.15, 0.2) is 297 Å². The summed E-state index contributed by atoms with van der Waals surface area (Å²) >= 11 is 0.